The molecule has 2 aromatic carbocycles. The quantitative estimate of drug-likeness (QED) is 0.934. The minimum Gasteiger partial charge on any atom is -0.486 e. The Morgan fingerprint density at radius 1 is 1.00 bits per heavy atom. The topological polar surface area (TPSA) is 64.6 Å². The molecule has 0 bridgehead atoms. The molecule has 0 aliphatic carbocycles. The zero-order chi connectivity index (χ0) is 16.4. The fraction of sp³-hybridized carbons (Fsp3) is 0.294. The van der Waals surface area contributed by atoms with E-state index >= 15 is 0 Å². The number of nitrogens with one attached hydrogen (secondary N) is 1. The first kappa shape index (κ1) is 15.8. The van der Waals surface area contributed by atoms with E-state index in [9.17, 15) is 8.42 Å². The van der Waals surface area contributed by atoms with Crippen LogP contribution in [0.1, 0.15) is 24.1 Å². The Kier molecular flexibility index (Phi) is 4.28. The van der Waals surface area contributed by atoms with Crippen LogP contribution < -0.4 is 14.2 Å². The van der Waals surface area contributed by atoms with Gasteiger partial charge >= 0.3 is 0 Å². The van der Waals surface area contributed by atoms with Gasteiger partial charge in [0, 0.05) is 6.04 Å². The first-order valence-corrected chi connectivity index (χ1v) is 8.92. The molecule has 1 aliphatic rings. The minimum absolute atomic E-state index is 0.257. The molecule has 2 aromatic rings. The third-order valence-electron chi connectivity index (χ3n) is 3.73. The van der Waals surface area contributed by atoms with Crippen LogP contribution in [0.25, 0.3) is 0 Å². The molecule has 1 atom stereocenters. The largest absolute Gasteiger partial charge is 0.486 e. The fourth-order valence-electron chi connectivity index (χ4n) is 2.42. The summed E-state index contributed by atoms with van der Waals surface area (Å²) in [6.45, 7) is 4.75. The van der Waals surface area contributed by atoms with Gasteiger partial charge in [0.1, 0.15) is 13.2 Å². The molecule has 0 spiro atoms. The van der Waals surface area contributed by atoms with E-state index in [0.717, 1.165) is 11.1 Å². The highest BCUT2D eigenvalue weighted by Crippen LogP contribution is 2.32. The second-order valence-electron chi connectivity index (χ2n) is 5.56. The van der Waals surface area contributed by atoms with Gasteiger partial charge in [-0.15, -0.1) is 0 Å². The molecule has 3 rings (SSSR count). The van der Waals surface area contributed by atoms with Crippen LogP contribution >= 0.6 is 0 Å². The van der Waals surface area contributed by atoms with Crippen LogP contribution in [0.2, 0.25) is 0 Å². The average molecular weight is 333 g/mol. The molecule has 122 valence electrons. The number of rotatable bonds is 4. The van der Waals surface area contributed by atoms with Gasteiger partial charge in [0.15, 0.2) is 11.5 Å². The molecule has 0 saturated carbocycles. The van der Waals surface area contributed by atoms with Crippen molar-refractivity contribution in [1.29, 1.82) is 0 Å². The van der Waals surface area contributed by atoms with E-state index < -0.39 is 10.0 Å². The highest BCUT2D eigenvalue weighted by Gasteiger charge is 2.20. The van der Waals surface area contributed by atoms with Crippen molar-refractivity contribution in [3.05, 3.63) is 53.6 Å². The van der Waals surface area contributed by atoms with Crippen molar-refractivity contribution >= 4 is 10.0 Å². The smallest absolute Gasteiger partial charge is 0.241 e. The van der Waals surface area contributed by atoms with E-state index in [1.165, 1.54) is 0 Å². The molecule has 0 unspecified atom stereocenters. The summed E-state index contributed by atoms with van der Waals surface area (Å²) in [5.41, 5.74) is 1.84. The van der Waals surface area contributed by atoms with Gasteiger partial charge in [-0.2, -0.15) is 0 Å². The molecule has 5 nitrogen and oxygen atoms in total. The van der Waals surface area contributed by atoms with Crippen molar-refractivity contribution in [2.45, 2.75) is 24.8 Å². The van der Waals surface area contributed by atoms with Crippen LogP contribution in [0.5, 0.6) is 11.5 Å². The number of benzene rings is 2. The Morgan fingerprint density at radius 3 is 2.35 bits per heavy atom. The summed E-state index contributed by atoms with van der Waals surface area (Å²) in [7, 11) is -3.57. The Bertz CT molecular complexity index is 800. The average Bonchev–Trinajstić information content (AvgIpc) is 2.54. The summed E-state index contributed by atoms with van der Waals surface area (Å²) in [6.07, 6.45) is 0. The fourth-order valence-corrected chi connectivity index (χ4v) is 3.65. The molecule has 1 heterocycles. The number of hydrogen-bond acceptors (Lipinski definition) is 4. The predicted molar refractivity (Wildman–Crippen MR) is 87.3 cm³/mol. The third kappa shape index (κ3) is 3.48. The van der Waals surface area contributed by atoms with E-state index in [1.807, 2.05) is 19.1 Å². The molecule has 1 N–H and O–H groups in total. The lowest BCUT2D eigenvalue weighted by Crippen LogP contribution is -2.27. The monoisotopic (exact) mass is 333 g/mol. The number of ether oxygens (including phenoxy) is 2. The maximum atomic E-state index is 12.4. The number of aryl methyl sites for hydroxylation is 1. The van der Waals surface area contributed by atoms with Gasteiger partial charge in [-0.1, -0.05) is 23.8 Å². The number of sulfonamides is 1. The summed E-state index contributed by atoms with van der Waals surface area (Å²) in [5, 5.41) is 0. The highest BCUT2D eigenvalue weighted by atomic mass is 32.2. The highest BCUT2D eigenvalue weighted by molar-refractivity contribution is 7.89. The van der Waals surface area contributed by atoms with E-state index in [1.54, 1.807) is 37.3 Å². The maximum absolute atomic E-state index is 12.4. The van der Waals surface area contributed by atoms with Gasteiger partial charge in [0.2, 0.25) is 10.0 Å². The Hall–Kier alpha value is -2.05. The van der Waals surface area contributed by atoms with Crippen molar-refractivity contribution in [2.75, 3.05) is 13.2 Å². The van der Waals surface area contributed by atoms with Crippen molar-refractivity contribution < 1.29 is 17.9 Å². The molecule has 23 heavy (non-hydrogen) atoms. The summed E-state index contributed by atoms with van der Waals surface area (Å²) in [4.78, 5) is 0.257. The molecule has 0 radical (unpaired) electrons. The molecule has 0 aromatic heterocycles. The van der Waals surface area contributed by atoms with Crippen LogP contribution in [-0.2, 0) is 10.0 Å². The van der Waals surface area contributed by atoms with Crippen LogP contribution in [0.3, 0.4) is 0 Å². The first-order chi connectivity index (χ1) is 11.0. The Morgan fingerprint density at radius 2 is 1.65 bits per heavy atom. The van der Waals surface area contributed by atoms with Gasteiger partial charge in [-0.05, 0) is 43.7 Å². The van der Waals surface area contributed by atoms with E-state index in [2.05, 4.69) is 4.72 Å². The normalized spacial score (nSPS) is 15.2. The van der Waals surface area contributed by atoms with E-state index in [4.69, 9.17) is 9.47 Å². The van der Waals surface area contributed by atoms with Gasteiger partial charge in [0.05, 0.1) is 4.90 Å². The first-order valence-electron chi connectivity index (χ1n) is 7.44. The molecule has 0 fully saturated rings. The van der Waals surface area contributed by atoms with Crippen LogP contribution in [0.4, 0.5) is 0 Å². The van der Waals surface area contributed by atoms with Crippen molar-refractivity contribution in [3.63, 3.8) is 0 Å². The van der Waals surface area contributed by atoms with Gasteiger partial charge < -0.3 is 9.47 Å². The number of hydrogen-bond donors (Lipinski definition) is 1. The molecule has 0 amide bonds. The Labute approximate surface area is 136 Å². The number of fused-ring (bicyclic) bond motifs is 1. The lowest BCUT2D eigenvalue weighted by Gasteiger charge is -2.21. The summed E-state index contributed by atoms with van der Waals surface area (Å²) in [5.74, 6) is 1.34. The Balaban J connectivity index is 1.80. The summed E-state index contributed by atoms with van der Waals surface area (Å²) >= 11 is 0. The lowest BCUT2D eigenvalue weighted by atomic mass is 10.1. The van der Waals surface area contributed by atoms with Crippen molar-refractivity contribution in [3.8, 4) is 11.5 Å². The molecular weight excluding hydrogens is 314 g/mol. The van der Waals surface area contributed by atoms with Gasteiger partial charge in [0.25, 0.3) is 0 Å². The second-order valence-corrected chi connectivity index (χ2v) is 7.27. The van der Waals surface area contributed by atoms with Crippen molar-refractivity contribution in [1.82, 2.24) is 4.72 Å². The lowest BCUT2D eigenvalue weighted by molar-refractivity contribution is 0.171. The molecule has 6 heteroatoms. The van der Waals surface area contributed by atoms with Crippen molar-refractivity contribution in [2.24, 2.45) is 0 Å². The summed E-state index contributed by atoms with van der Waals surface area (Å²) < 4.78 is 38.6. The summed E-state index contributed by atoms with van der Waals surface area (Å²) in [6, 6.07) is 11.9. The standard InChI is InChI=1S/C17H19NO4S/c1-12-3-6-15(7-4-12)23(19,20)18-13(2)14-5-8-16-17(11-14)22-10-9-21-16/h3-8,11,13,18H,9-10H2,1-2H3/t13-/m1/s1. The van der Waals surface area contributed by atoms with Crippen LogP contribution in [-0.4, -0.2) is 21.6 Å². The second kappa shape index (κ2) is 6.22. The van der Waals surface area contributed by atoms with Crippen LogP contribution in [0, 0.1) is 6.92 Å². The molecule has 0 saturated heterocycles. The van der Waals surface area contributed by atoms with E-state index in [-0.39, 0.29) is 10.9 Å². The van der Waals surface area contributed by atoms with Crippen LogP contribution in [0.15, 0.2) is 47.4 Å². The van der Waals surface area contributed by atoms with E-state index in [0.29, 0.717) is 24.7 Å². The molecule has 1 aliphatic heterocycles. The van der Waals surface area contributed by atoms with Gasteiger partial charge in [-0.25, -0.2) is 13.1 Å². The molecular formula is C17H19NO4S. The third-order valence-corrected chi connectivity index (χ3v) is 5.29. The zero-order valence-corrected chi connectivity index (χ0v) is 13.9. The maximum Gasteiger partial charge on any atom is 0.241 e. The SMILES string of the molecule is Cc1ccc(S(=O)(=O)N[C@H](C)c2ccc3c(c2)OCCO3)cc1. The predicted octanol–water partition coefficient (Wildman–Crippen LogP) is 2.81. The van der Waals surface area contributed by atoms with Gasteiger partial charge in [-0.3, -0.25) is 0 Å². The zero-order valence-electron chi connectivity index (χ0n) is 13.1. The minimum atomic E-state index is -3.57.